The molecule has 0 unspecified atom stereocenters. The molecule has 3 nitrogen and oxygen atoms in total. The molecule has 0 aromatic heterocycles. The molecule has 1 aromatic carbocycles. The van der Waals surface area contributed by atoms with Crippen LogP contribution in [-0.2, 0) is 6.42 Å². The maximum absolute atomic E-state index is 4.44. The van der Waals surface area contributed by atoms with Crippen LogP contribution in [0.15, 0.2) is 17.1 Å². The third-order valence-corrected chi connectivity index (χ3v) is 3.56. The van der Waals surface area contributed by atoms with Gasteiger partial charge in [-0.1, -0.05) is 17.7 Å². The van der Waals surface area contributed by atoms with E-state index in [9.17, 15) is 0 Å². The van der Waals surface area contributed by atoms with Crippen molar-refractivity contribution in [2.45, 2.75) is 27.2 Å². The number of nitrogens with zero attached hydrogens (tertiary/aromatic N) is 2. The first-order chi connectivity index (χ1) is 8.58. The minimum Gasteiger partial charge on any atom is -0.356 e. The van der Waals surface area contributed by atoms with Gasteiger partial charge in [-0.3, -0.25) is 4.99 Å². The van der Waals surface area contributed by atoms with E-state index in [1.165, 1.54) is 22.3 Å². The number of aryl methyl sites for hydroxylation is 3. The van der Waals surface area contributed by atoms with Crippen molar-refractivity contribution in [1.29, 1.82) is 0 Å². The average Bonchev–Trinajstić information content (AvgIpc) is 2.68. The van der Waals surface area contributed by atoms with E-state index >= 15 is 0 Å². The van der Waals surface area contributed by atoms with Gasteiger partial charge in [0.05, 0.1) is 6.54 Å². The summed E-state index contributed by atoms with van der Waals surface area (Å²) in [5.41, 5.74) is 5.61. The number of guanidine groups is 1. The molecule has 98 valence electrons. The quantitative estimate of drug-likeness (QED) is 0.882. The number of benzene rings is 1. The normalized spacial score (nSPS) is 14.9. The second-order valence-corrected chi connectivity index (χ2v) is 5.18. The summed E-state index contributed by atoms with van der Waals surface area (Å²) in [4.78, 5) is 6.61. The fourth-order valence-corrected chi connectivity index (χ4v) is 2.63. The van der Waals surface area contributed by atoms with Gasteiger partial charge >= 0.3 is 0 Å². The zero-order valence-electron chi connectivity index (χ0n) is 11.9. The van der Waals surface area contributed by atoms with Gasteiger partial charge in [-0.15, -0.1) is 0 Å². The predicted octanol–water partition coefficient (Wildman–Crippen LogP) is 2.05. The van der Waals surface area contributed by atoms with Gasteiger partial charge in [-0.25, -0.2) is 0 Å². The molecule has 1 heterocycles. The minimum atomic E-state index is 0.918. The lowest BCUT2D eigenvalue weighted by atomic mass is 9.97. The van der Waals surface area contributed by atoms with Gasteiger partial charge in [0.1, 0.15) is 0 Å². The number of hydrogen-bond donors (Lipinski definition) is 1. The summed E-state index contributed by atoms with van der Waals surface area (Å²) < 4.78 is 0. The topological polar surface area (TPSA) is 27.6 Å². The minimum absolute atomic E-state index is 0.918. The number of hydrogen-bond acceptors (Lipinski definition) is 3. The first-order valence-corrected chi connectivity index (χ1v) is 6.64. The molecular formula is C15H23N3. The summed E-state index contributed by atoms with van der Waals surface area (Å²) in [5.74, 6) is 1.04. The molecule has 1 N–H and O–H groups in total. The van der Waals surface area contributed by atoms with Crippen LogP contribution in [0.1, 0.15) is 22.3 Å². The van der Waals surface area contributed by atoms with E-state index in [1.54, 1.807) is 0 Å². The summed E-state index contributed by atoms with van der Waals surface area (Å²) in [5, 5.41) is 3.42. The SMILES string of the molecule is Cc1cc(C)c(CCNC2=NCCN2C)c(C)c1. The maximum atomic E-state index is 4.44. The third-order valence-electron chi connectivity index (χ3n) is 3.56. The number of aliphatic imine (C=N–C) groups is 1. The van der Waals surface area contributed by atoms with E-state index in [-0.39, 0.29) is 0 Å². The summed E-state index contributed by atoms with van der Waals surface area (Å²) in [6, 6.07) is 4.53. The van der Waals surface area contributed by atoms with Gasteiger partial charge in [0.15, 0.2) is 5.96 Å². The van der Waals surface area contributed by atoms with Gasteiger partial charge in [0.2, 0.25) is 0 Å². The molecule has 18 heavy (non-hydrogen) atoms. The Bertz CT molecular complexity index is 440. The van der Waals surface area contributed by atoms with Gasteiger partial charge < -0.3 is 10.2 Å². The summed E-state index contributed by atoms with van der Waals surface area (Å²) >= 11 is 0. The Balaban J connectivity index is 1.94. The second-order valence-electron chi connectivity index (χ2n) is 5.18. The van der Waals surface area contributed by atoms with Crippen LogP contribution in [0.2, 0.25) is 0 Å². The van der Waals surface area contributed by atoms with Crippen LogP contribution < -0.4 is 5.32 Å². The molecule has 0 saturated heterocycles. The predicted molar refractivity (Wildman–Crippen MR) is 77.3 cm³/mol. The third kappa shape index (κ3) is 2.84. The van der Waals surface area contributed by atoms with Crippen molar-refractivity contribution >= 4 is 5.96 Å². The molecule has 3 heteroatoms. The van der Waals surface area contributed by atoms with Crippen LogP contribution in [0, 0.1) is 20.8 Å². The van der Waals surface area contributed by atoms with Crippen LogP contribution in [0.3, 0.4) is 0 Å². The van der Waals surface area contributed by atoms with Gasteiger partial charge in [0.25, 0.3) is 0 Å². The van der Waals surface area contributed by atoms with Crippen molar-refractivity contribution < 1.29 is 0 Å². The van der Waals surface area contributed by atoms with E-state index in [0.29, 0.717) is 0 Å². The van der Waals surface area contributed by atoms with Gasteiger partial charge in [-0.2, -0.15) is 0 Å². The Labute approximate surface area is 110 Å². The fraction of sp³-hybridized carbons (Fsp3) is 0.533. The molecule has 1 aromatic rings. The van der Waals surface area contributed by atoms with Crippen molar-refractivity contribution in [3.05, 3.63) is 34.4 Å². The number of rotatable bonds is 3. The molecule has 0 amide bonds. The first kappa shape index (κ1) is 12.9. The molecule has 0 fully saturated rings. The Morgan fingerprint density at radius 2 is 1.89 bits per heavy atom. The monoisotopic (exact) mass is 245 g/mol. The van der Waals surface area contributed by atoms with Crippen molar-refractivity contribution in [2.75, 3.05) is 26.7 Å². The molecule has 2 rings (SSSR count). The lowest BCUT2D eigenvalue weighted by molar-refractivity contribution is 0.534. The average molecular weight is 245 g/mol. The van der Waals surface area contributed by atoms with Crippen molar-refractivity contribution in [2.24, 2.45) is 4.99 Å². The molecule has 1 aliphatic heterocycles. The van der Waals surface area contributed by atoms with Gasteiger partial charge in [-0.05, 0) is 43.9 Å². The van der Waals surface area contributed by atoms with Crippen LogP contribution in [0.25, 0.3) is 0 Å². The molecule has 0 saturated carbocycles. The Hall–Kier alpha value is -1.51. The lowest BCUT2D eigenvalue weighted by Crippen LogP contribution is -2.36. The van der Waals surface area contributed by atoms with E-state index in [0.717, 1.165) is 32.0 Å². The van der Waals surface area contributed by atoms with E-state index in [1.807, 2.05) is 0 Å². The largest absolute Gasteiger partial charge is 0.356 e. The van der Waals surface area contributed by atoms with Crippen molar-refractivity contribution in [1.82, 2.24) is 10.2 Å². The zero-order valence-corrected chi connectivity index (χ0v) is 11.9. The summed E-state index contributed by atoms with van der Waals surface area (Å²) in [6.07, 6.45) is 1.06. The van der Waals surface area contributed by atoms with E-state index in [4.69, 9.17) is 0 Å². The smallest absolute Gasteiger partial charge is 0.193 e. The van der Waals surface area contributed by atoms with Crippen LogP contribution in [0.5, 0.6) is 0 Å². The molecule has 0 radical (unpaired) electrons. The van der Waals surface area contributed by atoms with Crippen molar-refractivity contribution in [3.63, 3.8) is 0 Å². The number of likely N-dealkylation sites (N-methyl/N-ethyl adjacent to an activating group) is 1. The standard InChI is InChI=1S/C15H23N3/c1-11-9-12(2)14(13(3)10-11)5-6-16-15-17-7-8-18(15)4/h9-10H,5-8H2,1-4H3,(H,16,17). The van der Waals surface area contributed by atoms with Crippen LogP contribution >= 0.6 is 0 Å². The number of nitrogens with one attached hydrogen (secondary N) is 1. The lowest BCUT2D eigenvalue weighted by Gasteiger charge is -2.16. The highest BCUT2D eigenvalue weighted by molar-refractivity contribution is 5.81. The molecule has 1 aliphatic rings. The molecular weight excluding hydrogens is 222 g/mol. The highest BCUT2D eigenvalue weighted by Gasteiger charge is 2.11. The first-order valence-electron chi connectivity index (χ1n) is 6.64. The highest BCUT2D eigenvalue weighted by Crippen LogP contribution is 2.16. The molecule has 0 aliphatic carbocycles. The Morgan fingerprint density at radius 1 is 1.22 bits per heavy atom. The second kappa shape index (κ2) is 5.42. The molecule has 0 bridgehead atoms. The molecule has 0 spiro atoms. The Kier molecular flexibility index (Phi) is 3.90. The van der Waals surface area contributed by atoms with E-state index in [2.05, 4.69) is 55.2 Å². The molecule has 0 atom stereocenters. The van der Waals surface area contributed by atoms with Crippen LogP contribution in [-0.4, -0.2) is 37.5 Å². The summed E-state index contributed by atoms with van der Waals surface area (Å²) in [7, 11) is 2.08. The maximum Gasteiger partial charge on any atom is 0.193 e. The van der Waals surface area contributed by atoms with Gasteiger partial charge in [0, 0.05) is 20.1 Å². The summed E-state index contributed by atoms with van der Waals surface area (Å²) in [6.45, 7) is 9.47. The van der Waals surface area contributed by atoms with Crippen molar-refractivity contribution in [3.8, 4) is 0 Å². The Morgan fingerprint density at radius 3 is 2.44 bits per heavy atom. The fourth-order valence-electron chi connectivity index (χ4n) is 2.63. The van der Waals surface area contributed by atoms with E-state index < -0.39 is 0 Å². The van der Waals surface area contributed by atoms with Crippen LogP contribution in [0.4, 0.5) is 0 Å². The highest BCUT2D eigenvalue weighted by atomic mass is 15.3. The zero-order chi connectivity index (χ0) is 13.1.